The third-order valence-electron chi connectivity index (χ3n) is 4.34. The van der Waals surface area contributed by atoms with Crippen molar-refractivity contribution >= 4 is 5.96 Å². The number of halogens is 1. The Morgan fingerprint density at radius 3 is 2.70 bits per heavy atom. The fourth-order valence-corrected chi connectivity index (χ4v) is 2.75. The second-order valence-corrected chi connectivity index (χ2v) is 6.20. The molecule has 0 amide bonds. The van der Waals surface area contributed by atoms with E-state index in [0.29, 0.717) is 36.1 Å². The molecule has 1 heterocycles. The van der Waals surface area contributed by atoms with Gasteiger partial charge in [0.15, 0.2) is 11.7 Å². The molecule has 0 spiro atoms. The van der Waals surface area contributed by atoms with Gasteiger partial charge in [-0.15, -0.1) is 0 Å². The summed E-state index contributed by atoms with van der Waals surface area (Å²) in [5, 5.41) is 19.4. The minimum atomic E-state index is -0.376. The van der Waals surface area contributed by atoms with Crippen LogP contribution >= 0.6 is 0 Å². The average Bonchev–Trinajstić information content (AvgIpc) is 3.15. The molecule has 0 saturated carbocycles. The van der Waals surface area contributed by atoms with Crippen molar-refractivity contribution in [2.24, 2.45) is 4.99 Å². The molecule has 0 atom stereocenters. The monoisotopic (exact) mass is 371 g/mol. The highest BCUT2D eigenvalue weighted by Gasteiger charge is 2.13. The van der Waals surface area contributed by atoms with E-state index >= 15 is 0 Å². The summed E-state index contributed by atoms with van der Waals surface area (Å²) in [7, 11) is 0. The zero-order valence-electron chi connectivity index (χ0n) is 16.1. The SMILES string of the molecule is CCNC(=NCc1cc(C#N)ccc1F)NCc1cc(C(CC)CC)no1. The van der Waals surface area contributed by atoms with Gasteiger partial charge >= 0.3 is 0 Å². The van der Waals surface area contributed by atoms with Crippen LogP contribution in [0.2, 0.25) is 0 Å². The molecule has 0 bridgehead atoms. The molecule has 2 aromatic rings. The Labute approximate surface area is 159 Å². The Morgan fingerprint density at radius 1 is 1.26 bits per heavy atom. The van der Waals surface area contributed by atoms with Crippen LogP contribution in [-0.4, -0.2) is 17.7 Å². The smallest absolute Gasteiger partial charge is 0.191 e. The molecule has 2 rings (SSSR count). The van der Waals surface area contributed by atoms with E-state index < -0.39 is 0 Å². The van der Waals surface area contributed by atoms with Crippen LogP contribution in [0.1, 0.15) is 62.1 Å². The first-order valence-corrected chi connectivity index (χ1v) is 9.27. The van der Waals surface area contributed by atoms with Crippen molar-refractivity contribution < 1.29 is 8.91 Å². The van der Waals surface area contributed by atoms with Gasteiger partial charge in [-0.2, -0.15) is 5.26 Å². The third-order valence-corrected chi connectivity index (χ3v) is 4.34. The van der Waals surface area contributed by atoms with Gasteiger partial charge in [0.2, 0.25) is 0 Å². The van der Waals surface area contributed by atoms with Crippen molar-refractivity contribution in [1.82, 2.24) is 15.8 Å². The zero-order chi connectivity index (χ0) is 19.6. The lowest BCUT2D eigenvalue weighted by atomic mass is 9.99. The number of hydrogen-bond acceptors (Lipinski definition) is 4. The molecular weight excluding hydrogens is 345 g/mol. The largest absolute Gasteiger partial charge is 0.359 e. The number of nitriles is 1. The number of benzene rings is 1. The van der Waals surface area contributed by atoms with Crippen molar-refractivity contribution in [3.8, 4) is 6.07 Å². The van der Waals surface area contributed by atoms with Gasteiger partial charge < -0.3 is 15.2 Å². The Morgan fingerprint density at radius 2 is 2.04 bits per heavy atom. The first-order chi connectivity index (χ1) is 13.1. The topological polar surface area (TPSA) is 86.2 Å². The molecule has 2 N–H and O–H groups in total. The van der Waals surface area contributed by atoms with Crippen LogP contribution in [0.5, 0.6) is 0 Å². The van der Waals surface area contributed by atoms with E-state index in [-0.39, 0.29) is 12.4 Å². The minimum absolute atomic E-state index is 0.131. The second-order valence-electron chi connectivity index (χ2n) is 6.20. The zero-order valence-corrected chi connectivity index (χ0v) is 16.1. The quantitative estimate of drug-likeness (QED) is 0.544. The molecule has 27 heavy (non-hydrogen) atoms. The molecule has 0 aliphatic carbocycles. The highest BCUT2D eigenvalue weighted by molar-refractivity contribution is 5.79. The van der Waals surface area contributed by atoms with Gasteiger partial charge in [0, 0.05) is 24.1 Å². The lowest BCUT2D eigenvalue weighted by Crippen LogP contribution is -2.36. The molecule has 1 aromatic carbocycles. The summed E-state index contributed by atoms with van der Waals surface area (Å²) >= 11 is 0. The van der Waals surface area contributed by atoms with Gasteiger partial charge in [-0.25, -0.2) is 9.38 Å². The Kier molecular flexibility index (Phi) is 7.80. The number of nitrogens with zero attached hydrogens (tertiary/aromatic N) is 3. The van der Waals surface area contributed by atoms with Crippen molar-refractivity contribution in [3.63, 3.8) is 0 Å². The fraction of sp³-hybridized carbons (Fsp3) is 0.450. The van der Waals surface area contributed by atoms with E-state index in [1.165, 1.54) is 18.2 Å². The van der Waals surface area contributed by atoms with Crippen molar-refractivity contribution in [3.05, 3.63) is 52.7 Å². The Hall–Kier alpha value is -2.88. The molecule has 6 nitrogen and oxygen atoms in total. The average molecular weight is 371 g/mol. The predicted molar refractivity (Wildman–Crippen MR) is 103 cm³/mol. The van der Waals surface area contributed by atoms with Crippen LogP contribution in [0.3, 0.4) is 0 Å². The molecule has 1 aromatic heterocycles. The van der Waals surface area contributed by atoms with Crippen LogP contribution in [0, 0.1) is 17.1 Å². The molecule has 0 aliphatic rings. The number of guanidine groups is 1. The third kappa shape index (κ3) is 5.81. The Bertz CT molecular complexity index is 805. The highest BCUT2D eigenvalue weighted by atomic mass is 19.1. The van der Waals surface area contributed by atoms with E-state index in [1.807, 2.05) is 19.1 Å². The van der Waals surface area contributed by atoms with Gasteiger partial charge in [0.25, 0.3) is 0 Å². The molecule has 144 valence electrons. The number of nitrogens with one attached hydrogen (secondary N) is 2. The van der Waals surface area contributed by atoms with Gasteiger partial charge in [-0.1, -0.05) is 19.0 Å². The van der Waals surface area contributed by atoms with E-state index in [9.17, 15) is 4.39 Å². The normalized spacial score (nSPS) is 11.5. The molecule has 0 aliphatic heterocycles. The van der Waals surface area contributed by atoms with Gasteiger partial charge in [0.1, 0.15) is 5.82 Å². The van der Waals surface area contributed by atoms with Crippen LogP contribution in [0.4, 0.5) is 4.39 Å². The lowest BCUT2D eigenvalue weighted by molar-refractivity contribution is 0.368. The maximum Gasteiger partial charge on any atom is 0.191 e. The van der Waals surface area contributed by atoms with Crippen molar-refractivity contribution in [2.45, 2.75) is 52.6 Å². The maximum absolute atomic E-state index is 13.9. The number of rotatable bonds is 8. The number of aliphatic imine (C=N–C) groups is 1. The maximum atomic E-state index is 13.9. The Balaban J connectivity index is 2.03. The standard InChI is InChI=1S/C20H26FN5O/c1-4-15(5-2)19-10-17(27-26-19)13-25-20(23-6-3)24-12-16-9-14(11-22)7-8-18(16)21/h7-10,15H,4-6,12-13H2,1-3H3,(H2,23,24,25). The summed E-state index contributed by atoms with van der Waals surface area (Å²) in [6.07, 6.45) is 2.04. The summed E-state index contributed by atoms with van der Waals surface area (Å²) in [4.78, 5) is 4.39. The minimum Gasteiger partial charge on any atom is -0.359 e. The predicted octanol–water partition coefficient (Wildman–Crippen LogP) is 3.84. The summed E-state index contributed by atoms with van der Waals surface area (Å²) in [6.45, 7) is 7.45. The van der Waals surface area contributed by atoms with Crippen LogP contribution in [0.25, 0.3) is 0 Å². The van der Waals surface area contributed by atoms with Gasteiger partial charge in [-0.05, 0) is 38.0 Å². The summed E-state index contributed by atoms with van der Waals surface area (Å²) < 4.78 is 19.3. The van der Waals surface area contributed by atoms with Crippen LogP contribution in [-0.2, 0) is 13.1 Å². The van der Waals surface area contributed by atoms with E-state index in [1.54, 1.807) is 0 Å². The van der Waals surface area contributed by atoms with Crippen molar-refractivity contribution in [2.75, 3.05) is 6.54 Å². The van der Waals surface area contributed by atoms with Crippen LogP contribution < -0.4 is 10.6 Å². The fourth-order valence-electron chi connectivity index (χ4n) is 2.75. The van der Waals surface area contributed by atoms with Gasteiger partial charge in [-0.3, -0.25) is 0 Å². The molecule has 0 radical (unpaired) electrons. The van der Waals surface area contributed by atoms with Gasteiger partial charge in [0.05, 0.1) is 30.4 Å². The van der Waals surface area contributed by atoms with E-state index in [0.717, 1.165) is 24.3 Å². The first kappa shape index (κ1) is 20.4. The number of aromatic nitrogens is 1. The first-order valence-electron chi connectivity index (χ1n) is 9.27. The van der Waals surface area contributed by atoms with Crippen molar-refractivity contribution in [1.29, 1.82) is 5.26 Å². The molecule has 7 heteroatoms. The molecular formula is C20H26FN5O. The van der Waals surface area contributed by atoms with E-state index in [2.05, 4.69) is 34.6 Å². The molecule has 0 unspecified atom stereocenters. The second kappa shape index (κ2) is 10.3. The lowest BCUT2D eigenvalue weighted by Gasteiger charge is -2.10. The molecule has 0 fully saturated rings. The summed E-state index contributed by atoms with van der Waals surface area (Å²) in [6, 6.07) is 8.23. The van der Waals surface area contributed by atoms with Crippen LogP contribution in [0.15, 0.2) is 33.8 Å². The summed E-state index contributed by atoms with van der Waals surface area (Å²) in [5.74, 6) is 1.29. The highest BCUT2D eigenvalue weighted by Crippen LogP contribution is 2.22. The van der Waals surface area contributed by atoms with E-state index in [4.69, 9.17) is 9.78 Å². The molecule has 0 saturated heterocycles. The summed E-state index contributed by atoms with van der Waals surface area (Å²) in [5.41, 5.74) is 1.76. The number of hydrogen-bond donors (Lipinski definition) is 2.